The number of esters is 1. The third kappa shape index (κ3) is 3.96. The molecule has 3 fully saturated rings. The van der Waals surface area contributed by atoms with Gasteiger partial charge in [-0.15, -0.1) is 0 Å². The molecule has 39 heavy (non-hydrogen) atoms. The second kappa shape index (κ2) is 9.05. The molecule has 5 aliphatic rings. The standard InChI is InChI=1S/C32H25NO6/c34-27(18-6-10-22(11-7-18)39-32(37)19-4-2-1-3-5-19)17-38-21-12-8-20(9-13-21)33-30(35)28-23-14-15-24(26-16-25(23)26)29(28)31(33)36/h1-15,23-26,28-29H,16-17H2/t23-,24-,25-,26-,28-,29+/m0/s1. The first-order valence-corrected chi connectivity index (χ1v) is 13.2. The molecular weight excluding hydrogens is 494 g/mol. The number of benzene rings is 3. The average molecular weight is 520 g/mol. The van der Waals surface area contributed by atoms with E-state index in [1.807, 2.05) is 6.07 Å². The van der Waals surface area contributed by atoms with Gasteiger partial charge in [0.05, 0.1) is 23.1 Å². The highest BCUT2D eigenvalue weighted by Crippen LogP contribution is 2.65. The number of nitrogens with zero attached hydrogens (tertiary/aromatic N) is 1. The molecule has 3 aromatic carbocycles. The lowest BCUT2D eigenvalue weighted by atomic mass is 9.63. The fourth-order valence-corrected chi connectivity index (χ4v) is 6.58. The molecule has 7 nitrogen and oxygen atoms in total. The molecule has 8 rings (SSSR count). The van der Waals surface area contributed by atoms with Gasteiger partial charge in [0, 0.05) is 5.56 Å². The Kier molecular flexibility index (Phi) is 5.47. The predicted octanol–water partition coefficient (Wildman–Crippen LogP) is 4.73. The van der Waals surface area contributed by atoms with Crippen LogP contribution in [0.25, 0.3) is 0 Å². The predicted molar refractivity (Wildman–Crippen MR) is 141 cm³/mol. The molecule has 2 amide bonds. The maximum Gasteiger partial charge on any atom is 0.343 e. The summed E-state index contributed by atoms with van der Waals surface area (Å²) in [5.41, 5.74) is 1.39. The summed E-state index contributed by atoms with van der Waals surface area (Å²) in [6.07, 6.45) is 5.45. The van der Waals surface area contributed by atoms with Crippen molar-refractivity contribution >= 4 is 29.3 Å². The van der Waals surface area contributed by atoms with Crippen LogP contribution < -0.4 is 14.4 Å². The van der Waals surface area contributed by atoms with Crippen molar-refractivity contribution in [3.8, 4) is 11.5 Å². The lowest BCUT2D eigenvalue weighted by Gasteiger charge is -2.37. The quantitative estimate of drug-likeness (QED) is 0.148. The molecule has 0 unspecified atom stereocenters. The second-order valence-electron chi connectivity index (χ2n) is 10.7. The summed E-state index contributed by atoms with van der Waals surface area (Å²) in [5, 5.41) is 0. The van der Waals surface area contributed by atoms with Gasteiger partial charge in [0.15, 0.2) is 12.4 Å². The topological polar surface area (TPSA) is 90.0 Å². The van der Waals surface area contributed by atoms with Crippen LogP contribution in [0.15, 0.2) is 91.0 Å². The summed E-state index contributed by atoms with van der Waals surface area (Å²) >= 11 is 0. The van der Waals surface area contributed by atoms with Gasteiger partial charge < -0.3 is 9.47 Å². The van der Waals surface area contributed by atoms with Gasteiger partial charge in [-0.1, -0.05) is 30.4 Å². The molecule has 1 aliphatic heterocycles. The van der Waals surface area contributed by atoms with E-state index >= 15 is 0 Å². The molecule has 2 bridgehead atoms. The molecule has 0 spiro atoms. The molecule has 3 aromatic rings. The minimum atomic E-state index is -0.474. The first kappa shape index (κ1) is 23.6. The Morgan fingerprint density at radius 2 is 1.31 bits per heavy atom. The van der Waals surface area contributed by atoms with E-state index in [9.17, 15) is 19.2 Å². The number of allylic oxidation sites excluding steroid dienone is 2. The average Bonchev–Trinajstić information content (AvgIpc) is 3.75. The number of carbonyl (C=O) groups excluding carboxylic acids is 4. The third-order valence-corrected chi connectivity index (χ3v) is 8.52. The summed E-state index contributed by atoms with van der Waals surface area (Å²) in [6.45, 7) is -0.188. The normalized spacial score (nSPS) is 27.6. The third-order valence-electron chi connectivity index (χ3n) is 8.52. The minimum absolute atomic E-state index is 0.101. The van der Waals surface area contributed by atoms with Crippen LogP contribution in [-0.2, 0) is 9.59 Å². The van der Waals surface area contributed by atoms with Crippen LogP contribution in [0.4, 0.5) is 5.69 Å². The van der Waals surface area contributed by atoms with Gasteiger partial charge >= 0.3 is 5.97 Å². The van der Waals surface area contributed by atoms with Gasteiger partial charge in [0.25, 0.3) is 0 Å². The van der Waals surface area contributed by atoms with Crippen LogP contribution in [-0.4, -0.2) is 30.2 Å². The lowest BCUT2D eigenvalue weighted by Crippen LogP contribution is -2.40. The van der Waals surface area contributed by atoms with Gasteiger partial charge in [-0.3, -0.25) is 19.3 Å². The number of amides is 2. The molecule has 7 heteroatoms. The first-order chi connectivity index (χ1) is 19.0. The summed E-state index contributed by atoms with van der Waals surface area (Å²) in [6, 6.07) is 21.7. The molecule has 1 heterocycles. The van der Waals surface area contributed by atoms with Crippen molar-refractivity contribution in [2.24, 2.45) is 35.5 Å². The van der Waals surface area contributed by atoms with Gasteiger partial charge in [0.2, 0.25) is 11.8 Å². The fourth-order valence-electron chi connectivity index (χ4n) is 6.58. The number of hydrogen-bond acceptors (Lipinski definition) is 6. The smallest absolute Gasteiger partial charge is 0.343 e. The zero-order valence-electron chi connectivity index (χ0n) is 20.9. The van der Waals surface area contributed by atoms with Gasteiger partial charge in [-0.05, 0) is 90.8 Å². The highest BCUT2D eigenvalue weighted by Gasteiger charge is 2.67. The number of ketones is 1. The molecular formula is C32H25NO6. The Balaban J connectivity index is 0.964. The number of carbonyl (C=O) groups is 4. The molecule has 4 aliphatic carbocycles. The van der Waals surface area contributed by atoms with Crippen molar-refractivity contribution in [2.75, 3.05) is 11.5 Å². The first-order valence-electron chi connectivity index (χ1n) is 13.2. The highest BCUT2D eigenvalue weighted by molar-refractivity contribution is 6.22. The van der Waals surface area contributed by atoms with Crippen molar-refractivity contribution in [1.82, 2.24) is 0 Å². The molecule has 1 saturated heterocycles. The van der Waals surface area contributed by atoms with Crippen LogP contribution in [0.3, 0.4) is 0 Å². The van der Waals surface area contributed by atoms with E-state index in [0.29, 0.717) is 40.1 Å². The van der Waals surface area contributed by atoms with Gasteiger partial charge in [0.1, 0.15) is 11.5 Å². The Morgan fingerprint density at radius 1 is 0.718 bits per heavy atom. The van der Waals surface area contributed by atoms with E-state index in [4.69, 9.17) is 9.47 Å². The van der Waals surface area contributed by atoms with E-state index in [2.05, 4.69) is 12.2 Å². The zero-order chi connectivity index (χ0) is 26.7. The van der Waals surface area contributed by atoms with Crippen LogP contribution in [0.1, 0.15) is 27.1 Å². The van der Waals surface area contributed by atoms with E-state index in [-0.39, 0.29) is 47.9 Å². The van der Waals surface area contributed by atoms with Crippen LogP contribution in [0, 0.1) is 35.5 Å². The largest absolute Gasteiger partial charge is 0.485 e. The van der Waals surface area contributed by atoms with E-state index < -0.39 is 5.97 Å². The Bertz CT molecular complexity index is 1470. The molecule has 194 valence electrons. The number of imide groups is 1. The van der Waals surface area contributed by atoms with Crippen LogP contribution in [0.2, 0.25) is 0 Å². The summed E-state index contributed by atoms with van der Waals surface area (Å²) in [7, 11) is 0. The van der Waals surface area contributed by atoms with Crippen molar-refractivity contribution < 1.29 is 28.7 Å². The van der Waals surface area contributed by atoms with Gasteiger partial charge in [-0.2, -0.15) is 0 Å². The number of Topliss-reactive ketones (excluding diaryl/α,β-unsaturated/α-hetero) is 1. The Morgan fingerprint density at radius 3 is 1.92 bits per heavy atom. The molecule has 0 radical (unpaired) electrons. The summed E-state index contributed by atoms with van der Waals surface area (Å²) in [5.74, 6) is 0.898. The van der Waals surface area contributed by atoms with Crippen LogP contribution >= 0.6 is 0 Å². The van der Waals surface area contributed by atoms with Crippen molar-refractivity contribution in [3.05, 3.63) is 102 Å². The van der Waals surface area contributed by atoms with Crippen molar-refractivity contribution in [3.63, 3.8) is 0 Å². The van der Waals surface area contributed by atoms with Gasteiger partial charge in [-0.25, -0.2) is 4.79 Å². The second-order valence-corrected chi connectivity index (χ2v) is 10.7. The minimum Gasteiger partial charge on any atom is -0.485 e. The van der Waals surface area contributed by atoms with Crippen molar-refractivity contribution in [1.29, 1.82) is 0 Å². The van der Waals surface area contributed by atoms with E-state index in [1.54, 1.807) is 72.8 Å². The maximum absolute atomic E-state index is 13.3. The zero-order valence-corrected chi connectivity index (χ0v) is 20.9. The highest BCUT2D eigenvalue weighted by atomic mass is 16.5. The van der Waals surface area contributed by atoms with E-state index in [0.717, 1.165) is 6.42 Å². The molecule has 6 atom stereocenters. The van der Waals surface area contributed by atoms with E-state index in [1.165, 1.54) is 4.90 Å². The molecule has 0 aromatic heterocycles. The molecule has 2 saturated carbocycles. The number of hydrogen-bond donors (Lipinski definition) is 0. The summed E-state index contributed by atoms with van der Waals surface area (Å²) in [4.78, 5) is 52.7. The fraction of sp³-hybridized carbons (Fsp3) is 0.250. The number of ether oxygens (including phenoxy) is 2. The Labute approximate surface area is 225 Å². The maximum atomic E-state index is 13.3. The summed E-state index contributed by atoms with van der Waals surface area (Å²) < 4.78 is 11.0. The Hall–Kier alpha value is -4.52. The number of anilines is 1. The molecule has 0 N–H and O–H groups in total. The SMILES string of the molecule is O=C(COc1ccc(N2C(=O)[C@@H]3[C@H]4C=C[C@@H]([C@@H]5C[C@@H]45)[C@@H]3C2=O)cc1)c1ccc(OC(=O)c2ccccc2)cc1. The van der Waals surface area contributed by atoms with Crippen molar-refractivity contribution in [2.45, 2.75) is 6.42 Å². The van der Waals surface area contributed by atoms with Crippen LogP contribution in [0.5, 0.6) is 11.5 Å². The number of rotatable bonds is 7. The monoisotopic (exact) mass is 519 g/mol. The lowest BCUT2D eigenvalue weighted by molar-refractivity contribution is -0.124.